The highest BCUT2D eigenvalue weighted by molar-refractivity contribution is 6.30. The van der Waals surface area contributed by atoms with Crippen molar-refractivity contribution < 1.29 is 9.18 Å². The molecule has 1 N–H and O–H groups in total. The quantitative estimate of drug-likeness (QED) is 0.702. The lowest BCUT2D eigenvalue weighted by molar-refractivity contribution is 0.0950. The van der Waals surface area contributed by atoms with Crippen LogP contribution in [0.25, 0.3) is 0 Å². The van der Waals surface area contributed by atoms with Gasteiger partial charge in [0.2, 0.25) is 0 Å². The molecule has 27 heavy (non-hydrogen) atoms. The van der Waals surface area contributed by atoms with E-state index in [1.54, 1.807) is 18.2 Å². The van der Waals surface area contributed by atoms with Crippen molar-refractivity contribution in [3.05, 3.63) is 105 Å². The fourth-order valence-corrected chi connectivity index (χ4v) is 2.93. The molecule has 6 heteroatoms. The first-order valence-corrected chi connectivity index (χ1v) is 8.86. The van der Waals surface area contributed by atoms with E-state index in [9.17, 15) is 14.0 Å². The van der Waals surface area contributed by atoms with Crippen LogP contribution in [0.1, 0.15) is 21.5 Å². The second-order valence-corrected chi connectivity index (χ2v) is 6.58. The Labute approximate surface area is 161 Å². The lowest BCUT2D eigenvalue weighted by atomic mass is 10.1. The molecule has 0 aliphatic carbocycles. The zero-order valence-electron chi connectivity index (χ0n) is 14.5. The van der Waals surface area contributed by atoms with Crippen molar-refractivity contribution in [3.8, 4) is 0 Å². The number of benzene rings is 2. The summed E-state index contributed by atoms with van der Waals surface area (Å²) in [7, 11) is 0. The van der Waals surface area contributed by atoms with Gasteiger partial charge >= 0.3 is 0 Å². The summed E-state index contributed by atoms with van der Waals surface area (Å²) in [6, 6.07) is 16.3. The predicted octanol–water partition coefficient (Wildman–Crippen LogP) is 3.81. The Balaban J connectivity index is 1.66. The van der Waals surface area contributed by atoms with Crippen molar-refractivity contribution in [2.24, 2.45) is 0 Å². The molecule has 138 valence electrons. The number of halogens is 2. The van der Waals surface area contributed by atoms with Gasteiger partial charge in [-0.15, -0.1) is 0 Å². The molecule has 0 bridgehead atoms. The van der Waals surface area contributed by atoms with Gasteiger partial charge in [0.05, 0.1) is 5.56 Å². The van der Waals surface area contributed by atoms with Crippen LogP contribution >= 0.6 is 11.6 Å². The second kappa shape index (κ2) is 8.64. The molecule has 3 rings (SSSR count). The predicted molar refractivity (Wildman–Crippen MR) is 103 cm³/mol. The monoisotopic (exact) mass is 384 g/mol. The van der Waals surface area contributed by atoms with Crippen molar-refractivity contribution >= 4 is 17.5 Å². The molecular formula is C21H18ClFN2O2. The van der Waals surface area contributed by atoms with Crippen molar-refractivity contribution in [3.63, 3.8) is 0 Å². The number of nitrogens with one attached hydrogen (secondary N) is 1. The Morgan fingerprint density at radius 1 is 1.04 bits per heavy atom. The normalized spacial score (nSPS) is 10.6. The van der Waals surface area contributed by atoms with Crippen LogP contribution in [0.3, 0.4) is 0 Å². The maximum Gasteiger partial charge on any atom is 0.253 e. The summed E-state index contributed by atoms with van der Waals surface area (Å²) in [5.41, 5.74) is 1.86. The first kappa shape index (κ1) is 18.9. The van der Waals surface area contributed by atoms with Gasteiger partial charge in [0.1, 0.15) is 5.82 Å². The summed E-state index contributed by atoms with van der Waals surface area (Å²) in [4.78, 5) is 24.4. The van der Waals surface area contributed by atoms with Crippen molar-refractivity contribution in [2.75, 3.05) is 0 Å². The van der Waals surface area contributed by atoms with Crippen LogP contribution in [-0.4, -0.2) is 10.5 Å². The van der Waals surface area contributed by atoms with Crippen LogP contribution < -0.4 is 10.9 Å². The average molecular weight is 385 g/mol. The Morgan fingerprint density at radius 2 is 1.81 bits per heavy atom. The Bertz CT molecular complexity index is 1020. The van der Waals surface area contributed by atoms with Crippen LogP contribution in [0.2, 0.25) is 5.02 Å². The first-order chi connectivity index (χ1) is 13.0. The molecule has 0 saturated heterocycles. The summed E-state index contributed by atoms with van der Waals surface area (Å²) in [5, 5.41) is 3.38. The number of hydrogen-bond donors (Lipinski definition) is 1. The number of pyridine rings is 1. The van der Waals surface area contributed by atoms with Gasteiger partial charge in [-0.05, 0) is 47.9 Å². The van der Waals surface area contributed by atoms with Crippen LogP contribution in [-0.2, 0) is 19.5 Å². The van der Waals surface area contributed by atoms with Gasteiger partial charge in [0.15, 0.2) is 0 Å². The van der Waals surface area contributed by atoms with E-state index < -0.39 is 0 Å². The third-order valence-corrected chi connectivity index (χ3v) is 4.35. The molecule has 0 fully saturated rings. The Morgan fingerprint density at radius 3 is 2.59 bits per heavy atom. The number of aromatic nitrogens is 1. The number of aryl methyl sites for hydroxylation is 2. The average Bonchev–Trinajstić information content (AvgIpc) is 2.65. The van der Waals surface area contributed by atoms with Crippen LogP contribution in [0, 0.1) is 5.82 Å². The number of rotatable bonds is 6. The molecule has 0 saturated carbocycles. The number of hydrogen-bond acceptors (Lipinski definition) is 2. The van der Waals surface area contributed by atoms with E-state index in [0.717, 1.165) is 5.56 Å². The van der Waals surface area contributed by atoms with E-state index in [1.165, 1.54) is 35.0 Å². The topological polar surface area (TPSA) is 51.1 Å². The molecule has 0 atom stereocenters. The lowest BCUT2D eigenvalue weighted by Gasteiger charge is -2.10. The Kier molecular flexibility index (Phi) is 6.04. The van der Waals surface area contributed by atoms with Crippen LogP contribution in [0.15, 0.2) is 71.7 Å². The van der Waals surface area contributed by atoms with Gasteiger partial charge in [-0.25, -0.2) is 4.39 Å². The smallest absolute Gasteiger partial charge is 0.253 e. The summed E-state index contributed by atoms with van der Waals surface area (Å²) in [6.45, 7) is 0.641. The third kappa shape index (κ3) is 5.28. The van der Waals surface area contributed by atoms with E-state index >= 15 is 0 Å². The first-order valence-electron chi connectivity index (χ1n) is 8.49. The van der Waals surface area contributed by atoms with E-state index in [2.05, 4.69) is 5.32 Å². The minimum atomic E-state index is -0.351. The number of carbonyl (C=O) groups excluding carboxylic acids is 1. The lowest BCUT2D eigenvalue weighted by Crippen LogP contribution is -2.26. The molecule has 1 heterocycles. The van der Waals surface area contributed by atoms with E-state index in [1.807, 2.05) is 18.2 Å². The highest BCUT2D eigenvalue weighted by Crippen LogP contribution is 2.11. The van der Waals surface area contributed by atoms with Gasteiger partial charge in [-0.1, -0.05) is 35.9 Å². The van der Waals surface area contributed by atoms with E-state index in [-0.39, 0.29) is 23.8 Å². The maximum absolute atomic E-state index is 13.2. The fraction of sp³-hybridized carbons (Fsp3) is 0.143. The van der Waals surface area contributed by atoms with Gasteiger partial charge in [-0.2, -0.15) is 0 Å². The maximum atomic E-state index is 13.2. The van der Waals surface area contributed by atoms with Gasteiger partial charge in [-0.3, -0.25) is 9.59 Å². The minimum absolute atomic E-state index is 0.182. The molecule has 0 radical (unpaired) electrons. The summed E-state index contributed by atoms with van der Waals surface area (Å²) in [6.07, 6.45) is 2.16. The molecule has 4 nitrogen and oxygen atoms in total. The molecule has 1 aromatic heterocycles. The second-order valence-electron chi connectivity index (χ2n) is 6.14. The zero-order chi connectivity index (χ0) is 19.2. The van der Waals surface area contributed by atoms with Gasteiger partial charge in [0, 0.05) is 30.4 Å². The van der Waals surface area contributed by atoms with Crippen molar-refractivity contribution in [2.45, 2.75) is 19.5 Å². The molecule has 1 amide bonds. The zero-order valence-corrected chi connectivity index (χ0v) is 15.2. The summed E-state index contributed by atoms with van der Waals surface area (Å²) < 4.78 is 14.7. The van der Waals surface area contributed by atoms with Crippen LogP contribution in [0.5, 0.6) is 0 Å². The standard InChI is InChI=1S/C21H18ClFN2O2/c22-18-5-1-3-15(11-18)9-10-25-14-17(7-8-20(25)26)21(27)24-13-16-4-2-6-19(23)12-16/h1-8,11-12,14H,9-10,13H2,(H,24,27). The third-order valence-electron chi connectivity index (χ3n) is 4.12. The largest absolute Gasteiger partial charge is 0.348 e. The fourth-order valence-electron chi connectivity index (χ4n) is 2.71. The van der Waals surface area contributed by atoms with Gasteiger partial charge in [0.25, 0.3) is 11.5 Å². The summed E-state index contributed by atoms with van der Waals surface area (Å²) in [5.74, 6) is -0.674. The number of amides is 1. The molecule has 0 aliphatic heterocycles. The minimum Gasteiger partial charge on any atom is -0.348 e. The van der Waals surface area contributed by atoms with Crippen molar-refractivity contribution in [1.29, 1.82) is 0 Å². The molecule has 2 aromatic carbocycles. The van der Waals surface area contributed by atoms with Crippen LogP contribution in [0.4, 0.5) is 4.39 Å². The highest BCUT2D eigenvalue weighted by atomic mass is 35.5. The van der Waals surface area contributed by atoms with E-state index in [4.69, 9.17) is 11.6 Å². The van der Waals surface area contributed by atoms with E-state index in [0.29, 0.717) is 29.1 Å². The molecular weight excluding hydrogens is 367 g/mol. The van der Waals surface area contributed by atoms with Gasteiger partial charge < -0.3 is 9.88 Å². The highest BCUT2D eigenvalue weighted by Gasteiger charge is 2.08. The summed E-state index contributed by atoms with van der Waals surface area (Å²) >= 11 is 5.97. The molecule has 3 aromatic rings. The molecule has 0 unspecified atom stereocenters. The number of carbonyl (C=O) groups is 1. The SMILES string of the molecule is O=C(NCc1cccc(F)c1)c1ccc(=O)n(CCc2cccc(Cl)c2)c1. The Hall–Kier alpha value is -2.92. The molecule has 0 aliphatic rings. The van der Waals surface area contributed by atoms with Crippen molar-refractivity contribution in [1.82, 2.24) is 9.88 Å². The number of nitrogens with zero attached hydrogens (tertiary/aromatic N) is 1. The molecule has 0 spiro atoms.